The molecule has 8 nitrogen and oxygen atoms in total. The van der Waals surface area contributed by atoms with Crippen LogP contribution in [0.15, 0.2) is 54.9 Å². The lowest BCUT2D eigenvalue weighted by Crippen LogP contribution is -2.42. The molecule has 2 N–H and O–H groups in total. The fourth-order valence-corrected chi connectivity index (χ4v) is 2.93. The van der Waals surface area contributed by atoms with Crippen LogP contribution in [0.2, 0.25) is 0 Å². The molecular weight excluding hydrogens is 351 g/mol. The van der Waals surface area contributed by atoms with Crippen molar-refractivity contribution in [1.29, 1.82) is 0 Å². The van der Waals surface area contributed by atoms with Gasteiger partial charge in [-0.3, -0.25) is 20.4 Å². The van der Waals surface area contributed by atoms with Gasteiger partial charge in [0.1, 0.15) is 12.1 Å². The summed E-state index contributed by atoms with van der Waals surface area (Å²) in [6.07, 6.45) is 2.00. The van der Waals surface area contributed by atoms with Gasteiger partial charge in [0.2, 0.25) is 5.91 Å². The topological polar surface area (TPSA) is 102 Å². The highest BCUT2D eigenvalue weighted by atomic mass is 19.1. The van der Waals surface area contributed by atoms with Gasteiger partial charge in [0, 0.05) is 11.5 Å². The summed E-state index contributed by atoms with van der Waals surface area (Å²) in [5, 5.41) is 10.8. The Hall–Kier alpha value is -3.62. The highest BCUT2D eigenvalue weighted by molar-refractivity contribution is 5.96. The number of hydrogen-bond acceptors (Lipinski definition) is 5. The summed E-state index contributed by atoms with van der Waals surface area (Å²) >= 11 is 0. The van der Waals surface area contributed by atoms with Crippen LogP contribution in [0.25, 0.3) is 5.69 Å². The summed E-state index contributed by atoms with van der Waals surface area (Å²) in [5.41, 5.74) is 6.39. The molecule has 2 aromatic carbocycles. The summed E-state index contributed by atoms with van der Waals surface area (Å²) < 4.78 is 15.2. The van der Waals surface area contributed by atoms with Crippen LogP contribution in [-0.2, 0) is 4.79 Å². The van der Waals surface area contributed by atoms with E-state index in [2.05, 4.69) is 26.4 Å². The van der Waals surface area contributed by atoms with Crippen molar-refractivity contribution >= 4 is 11.8 Å². The molecule has 9 heteroatoms. The highest BCUT2D eigenvalue weighted by Gasteiger charge is 2.45. The van der Waals surface area contributed by atoms with Gasteiger partial charge in [-0.1, -0.05) is 18.2 Å². The van der Waals surface area contributed by atoms with Crippen LogP contribution < -0.4 is 10.9 Å². The Labute approximate surface area is 153 Å². The van der Waals surface area contributed by atoms with E-state index >= 15 is 0 Å². The zero-order chi connectivity index (χ0) is 18.8. The first-order valence-corrected chi connectivity index (χ1v) is 8.31. The number of hydrazine groups is 1. The van der Waals surface area contributed by atoms with Gasteiger partial charge >= 0.3 is 0 Å². The number of carbonyl (C=O) groups excluding carboxylic acids is 2. The van der Waals surface area contributed by atoms with E-state index in [0.29, 0.717) is 23.2 Å². The number of halogens is 1. The quantitative estimate of drug-likeness (QED) is 0.679. The molecule has 4 rings (SSSR count). The molecule has 1 aromatic heterocycles. The minimum absolute atomic E-state index is 0.154. The molecule has 0 saturated heterocycles. The van der Waals surface area contributed by atoms with E-state index in [1.807, 2.05) is 0 Å². The molecule has 2 atom stereocenters. The predicted molar refractivity (Wildman–Crippen MR) is 92.0 cm³/mol. The van der Waals surface area contributed by atoms with Gasteiger partial charge in [0.25, 0.3) is 5.91 Å². The van der Waals surface area contributed by atoms with Crippen LogP contribution in [-0.4, -0.2) is 32.0 Å². The Balaban J connectivity index is 1.32. The van der Waals surface area contributed by atoms with Gasteiger partial charge in [0.05, 0.1) is 5.69 Å². The van der Waals surface area contributed by atoms with E-state index in [1.165, 1.54) is 17.1 Å². The lowest BCUT2D eigenvalue weighted by atomic mass is 10.1. The number of carbonyl (C=O) groups is 2. The lowest BCUT2D eigenvalue weighted by Gasteiger charge is -2.08. The third-order valence-corrected chi connectivity index (χ3v) is 4.47. The number of tetrazole rings is 1. The van der Waals surface area contributed by atoms with E-state index in [-0.39, 0.29) is 23.6 Å². The molecule has 1 heterocycles. The van der Waals surface area contributed by atoms with Crippen molar-refractivity contribution in [3.8, 4) is 5.69 Å². The van der Waals surface area contributed by atoms with E-state index in [0.717, 1.165) is 0 Å². The number of nitrogens with zero attached hydrogens (tertiary/aromatic N) is 4. The molecule has 0 aliphatic heterocycles. The van der Waals surface area contributed by atoms with Crippen LogP contribution in [0.3, 0.4) is 0 Å². The molecule has 1 aliphatic carbocycles. The Morgan fingerprint density at radius 2 is 1.85 bits per heavy atom. The first-order valence-electron chi connectivity index (χ1n) is 8.31. The molecule has 27 heavy (non-hydrogen) atoms. The maximum atomic E-state index is 13.8. The van der Waals surface area contributed by atoms with Crippen molar-refractivity contribution in [3.63, 3.8) is 0 Å². The number of aromatic nitrogens is 4. The molecule has 2 amide bonds. The number of nitrogens with one attached hydrogen (secondary N) is 2. The molecule has 1 fully saturated rings. The number of amides is 2. The van der Waals surface area contributed by atoms with Crippen LogP contribution in [0.5, 0.6) is 0 Å². The molecule has 1 aliphatic rings. The molecule has 0 spiro atoms. The Kier molecular flexibility index (Phi) is 4.33. The SMILES string of the molecule is O=C(NNC(=O)C1CC1c1ccccc1F)c1ccc(-n2cnnn2)cc1. The monoisotopic (exact) mass is 366 g/mol. The van der Waals surface area contributed by atoms with Crippen LogP contribution >= 0.6 is 0 Å². The fourth-order valence-electron chi connectivity index (χ4n) is 2.93. The van der Waals surface area contributed by atoms with Crippen molar-refractivity contribution in [2.45, 2.75) is 12.3 Å². The lowest BCUT2D eigenvalue weighted by molar-refractivity contribution is -0.123. The van der Waals surface area contributed by atoms with Gasteiger partial charge in [-0.25, -0.2) is 9.07 Å². The van der Waals surface area contributed by atoms with Crippen molar-refractivity contribution in [2.75, 3.05) is 0 Å². The largest absolute Gasteiger partial charge is 0.273 e. The number of rotatable bonds is 4. The standard InChI is InChI=1S/C18H15FN6O2/c19-16-4-2-1-3-13(16)14-9-15(14)18(27)22-21-17(26)11-5-7-12(8-6-11)25-10-20-23-24-25/h1-8,10,14-15H,9H2,(H,21,26)(H,22,27). The highest BCUT2D eigenvalue weighted by Crippen LogP contribution is 2.48. The van der Waals surface area contributed by atoms with Crippen LogP contribution in [0, 0.1) is 11.7 Å². The average molecular weight is 366 g/mol. The van der Waals surface area contributed by atoms with Crippen molar-refractivity contribution in [2.24, 2.45) is 5.92 Å². The van der Waals surface area contributed by atoms with E-state index in [1.54, 1.807) is 42.5 Å². The normalized spacial score (nSPS) is 18.0. The Morgan fingerprint density at radius 3 is 2.56 bits per heavy atom. The third-order valence-electron chi connectivity index (χ3n) is 4.47. The second-order valence-corrected chi connectivity index (χ2v) is 6.21. The van der Waals surface area contributed by atoms with Crippen molar-refractivity contribution in [1.82, 2.24) is 31.1 Å². The first-order chi connectivity index (χ1) is 13.1. The maximum absolute atomic E-state index is 13.8. The zero-order valence-electron chi connectivity index (χ0n) is 14.0. The molecule has 3 aromatic rings. The van der Waals surface area contributed by atoms with Crippen LogP contribution in [0.1, 0.15) is 28.3 Å². The fraction of sp³-hybridized carbons (Fsp3) is 0.167. The molecule has 1 saturated carbocycles. The average Bonchev–Trinajstić information content (AvgIpc) is 3.29. The van der Waals surface area contributed by atoms with Gasteiger partial charge in [0.15, 0.2) is 0 Å². The Bertz CT molecular complexity index is 974. The van der Waals surface area contributed by atoms with E-state index in [4.69, 9.17) is 0 Å². The van der Waals surface area contributed by atoms with E-state index < -0.39 is 5.91 Å². The first kappa shape index (κ1) is 16.8. The summed E-state index contributed by atoms with van der Waals surface area (Å²) in [6, 6.07) is 13.0. The molecule has 2 unspecified atom stereocenters. The summed E-state index contributed by atoms with van der Waals surface area (Å²) in [4.78, 5) is 24.3. The second-order valence-electron chi connectivity index (χ2n) is 6.21. The minimum atomic E-state index is -0.449. The smallest absolute Gasteiger partial charge is 0.269 e. The molecular formula is C18H15FN6O2. The van der Waals surface area contributed by atoms with Gasteiger partial charge in [-0.05, 0) is 58.7 Å². The maximum Gasteiger partial charge on any atom is 0.269 e. The minimum Gasteiger partial charge on any atom is -0.273 e. The number of benzene rings is 2. The third kappa shape index (κ3) is 3.52. The van der Waals surface area contributed by atoms with Gasteiger partial charge in [-0.15, -0.1) is 5.10 Å². The van der Waals surface area contributed by atoms with Gasteiger partial charge in [-0.2, -0.15) is 0 Å². The zero-order valence-corrected chi connectivity index (χ0v) is 14.0. The van der Waals surface area contributed by atoms with Crippen molar-refractivity contribution in [3.05, 3.63) is 71.8 Å². The summed E-state index contributed by atoms with van der Waals surface area (Å²) in [7, 11) is 0. The molecule has 0 radical (unpaired) electrons. The van der Waals surface area contributed by atoms with Crippen LogP contribution in [0.4, 0.5) is 4.39 Å². The van der Waals surface area contributed by atoms with Crippen molar-refractivity contribution < 1.29 is 14.0 Å². The molecule has 136 valence electrons. The Morgan fingerprint density at radius 1 is 1.07 bits per heavy atom. The van der Waals surface area contributed by atoms with Gasteiger partial charge < -0.3 is 0 Å². The predicted octanol–water partition coefficient (Wildman–Crippen LogP) is 1.37. The molecule has 0 bridgehead atoms. The summed E-state index contributed by atoms with van der Waals surface area (Å²) in [6.45, 7) is 0. The summed E-state index contributed by atoms with van der Waals surface area (Å²) in [5.74, 6) is -1.59. The second kappa shape index (κ2) is 6.94. The number of hydrogen-bond donors (Lipinski definition) is 2. The van der Waals surface area contributed by atoms with E-state index in [9.17, 15) is 14.0 Å².